The SMILES string of the molecule is COc1cc2c(cc1OC)[C@@]13CCC[C@@](C)(CNC1)[C@H]3CC2. The van der Waals surface area contributed by atoms with Gasteiger partial charge in [0.1, 0.15) is 0 Å². The molecule has 0 aromatic heterocycles. The first-order valence-corrected chi connectivity index (χ1v) is 8.59. The molecule has 0 radical (unpaired) electrons. The molecule has 3 nitrogen and oxygen atoms in total. The Hall–Kier alpha value is -1.22. The Morgan fingerprint density at radius 1 is 1.09 bits per heavy atom. The molecule has 22 heavy (non-hydrogen) atoms. The van der Waals surface area contributed by atoms with E-state index in [1.165, 1.54) is 49.8 Å². The molecule has 3 aliphatic rings. The van der Waals surface area contributed by atoms with Crippen molar-refractivity contribution in [1.29, 1.82) is 0 Å². The molecule has 2 bridgehead atoms. The smallest absolute Gasteiger partial charge is 0.161 e. The second-order valence-corrected chi connectivity index (χ2v) is 7.72. The van der Waals surface area contributed by atoms with Crippen molar-refractivity contribution in [3.63, 3.8) is 0 Å². The van der Waals surface area contributed by atoms with Crippen LogP contribution in [0, 0.1) is 11.3 Å². The van der Waals surface area contributed by atoms with Gasteiger partial charge in [0, 0.05) is 18.5 Å². The molecule has 4 rings (SSSR count). The van der Waals surface area contributed by atoms with Gasteiger partial charge in [0.05, 0.1) is 14.2 Å². The molecule has 0 spiro atoms. The molecule has 1 aliphatic heterocycles. The van der Waals surface area contributed by atoms with E-state index >= 15 is 0 Å². The van der Waals surface area contributed by atoms with Gasteiger partial charge >= 0.3 is 0 Å². The highest BCUT2D eigenvalue weighted by Crippen LogP contribution is 2.59. The van der Waals surface area contributed by atoms with Gasteiger partial charge in [-0.3, -0.25) is 0 Å². The molecule has 2 fully saturated rings. The van der Waals surface area contributed by atoms with Gasteiger partial charge in [-0.05, 0) is 60.3 Å². The van der Waals surface area contributed by atoms with E-state index in [1.807, 2.05) is 0 Å². The first-order valence-electron chi connectivity index (χ1n) is 8.59. The largest absolute Gasteiger partial charge is 0.493 e. The molecule has 2 aliphatic carbocycles. The highest BCUT2D eigenvalue weighted by Gasteiger charge is 2.56. The third-order valence-corrected chi connectivity index (χ3v) is 6.70. The fraction of sp³-hybridized carbons (Fsp3) is 0.684. The summed E-state index contributed by atoms with van der Waals surface area (Å²) in [6.07, 6.45) is 6.53. The molecule has 0 unspecified atom stereocenters. The number of hydrogen-bond acceptors (Lipinski definition) is 3. The number of rotatable bonds is 2. The van der Waals surface area contributed by atoms with E-state index < -0.39 is 0 Å². The van der Waals surface area contributed by atoms with Crippen LogP contribution in [0.1, 0.15) is 43.7 Å². The van der Waals surface area contributed by atoms with Crippen molar-refractivity contribution < 1.29 is 9.47 Å². The zero-order chi connectivity index (χ0) is 15.4. The van der Waals surface area contributed by atoms with E-state index in [0.29, 0.717) is 10.8 Å². The van der Waals surface area contributed by atoms with E-state index in [0.717, 1.165) is 24.0 Å². The van der Waals surface area contributed by atoms with Gasteiger partial charge in [-0.1, -0.05) is 13.3 Å². The van der Waals surface area contributed by atoms with Crippen molar-refractivity contribution in [3.8, 4) is 11.5 Å². The van der Waals surface area contributed by atoms with Crippen molar-refractivity contribution in [2.75, 3.05) is 27.3 Å². The Bertz CT molecular complexity index is 585. The first kappa shape index (κ1) is 14.4. The first-order chi connectivity index (χ1) is 10.6. The standard InChI is InChI=1S/C19H27NO2/c1-18-7-4-8-19(12-20-11-18)14-10-16(22-3)15(21-2)9-13(14)5-6-17(18)19/h9-10,17,20H,4-8,11-12H2,1-3H3/t17-,18+,19-/m1/s1. The number of hydrogen-bond donors (Lipinski definition) is 1. The number of methoxy groups -OCH3 is 2. The van der Waals surface area contributed by atoms with Crippen LogP contribution in [0.4, 0.5) is 0 Å². The Labute approximate surface area is 133 Å². The molecular formula is C19H27NO2. The maximum Gasteiger partial charge on any atom is 0.161 e. The van der Waals surface area contributed by atoms with E-state index in [1.54, 1.807) is 14.2 Å². The highest BCUT2D eigenvalue weighted by molar-refractivity contribution is 5.52. The number of piperidine rings is 1. The summed E-state index contributed by atoms with van der Waals surface area (Å²) in [5.74, 6) is 2.56. The van der Waals surface area contributed by atoms with E-state index in [2.05, 4.69) is 24.4 Å². The zero-order valence-electron chi connectivity index (χ0n) is 14.0. The number of benzene rings is 1. The lowest BCUT2D eigenvalue weighted by atomic mass is 9.47. The highest BCUT2D eigenvalue weighted by atomic mass is 16.5. The van der Waals surface area contributed by atoms with Crippen LogP contribution in [-0.2, 0) is 11.8 Å². The second-order valence-electron chi connectivity index (χ2n) is 7.72. The van der Waals surface area contributed by atoms with Crippen LogP contribution in [0.5, 0.6) is 11.5 Å². The van der Waals surface area contributed by atoms with Gasteiger partial charge in [0.15, 0.2) is 11.5 Å². The number of aryl methyl sites for hydroxylation is 1. The molecule has 3 atom stereocenters. The molecule has 1 heterocycles. The maximum absolute atomic E-state index is 5.60. The Morgan fingerprint density at radius 3 is 2.64 bits per heavy atom. The maximum atomic E-state index is 5.60. The van der Waals surface area contributed by atoms with E-state index in [4.69, 9.17) is 9.47 Å². The molecular weight excluding hydrogens is 274 g/mol. The predicted molar refractivity (Wildman–Crippen MR) is 87.9 cm³/mol. The third-order valence-electron chi connectivity index (χ3n) is 6.70. The van der Waals surface area contributed by atoms with Crippen LogP contribution in [0.25, 0.3) is 0 Å². The van der Waals surface area contributed by atoms with Crippen LogP contribution in [0.2, 0.25) is 0 Å². The lowest BCUT2D eigenvalue weighted by Crippen LogP contribution is -2.62. The summed E-state index contributed by atoms with van der Waals surface area (Å²) < 4.78 is 11.1. The van der Waals surface area contributed by atoms with Crippen LogP contribution in [-0.4, -0.2) is 27.3 Å². The minimum atomic E-state index is 0.304. The summed E-state index contributed by atoms with van der Waals surface area (Å²) in [6, 6.07) is 4.50. The third kappa shape index (κ3) is 1.78. The predicted octanol–water partition coefficient (Wildman–Crippen LogP) is 3.30. The molecule has 1 aromatic rings. The van der Waals surface area contributed by atoms with Crippen molar-refractivity contribution in [1.82, 2.24) is 5.32 Å². The summed E-state index contributed by atoms with van der Waals surface area (Å²) in [5.41, 5.74) is 3.76. The number of ether oxygens (including phenoxy) is 2. The van der Waals surface area contributed by atoms with Gasteiger partial charge in [-0.15, -0.1) is 0 Å². The molecule has 0 amide bonds. The quantitative estimate of drug-likeness (QED) is 0.909. The number of fused-ring (bicyclic) bond motifs is 1. The van der Waals surface area contributed by atoms with E-state index in [-0.39, 0.29) is 0 Å². The topological polar surface area (TPSA) is 30.5 Å². The Balaban J connectivity index is 1.88. The summed E-state index contributed by atoms with van der Waals surface area (Å²) in [5, 5.41) is 3.75. The summed E-state index contributed by atoms with van der Waals surface area (Å²) in [7, 11) is 3.47. The van der Waals surface area contributed by atoms with E-state index in [9.17, 15) is 0 Å². The molecule has 1 N–H and O–H groups in total. The van der Waals surface area contributed by atoms with Gasteiger partial charge in [-0.2, -0.15) is 0 Å². The summed E-state index contributed by atoms with van der Waals surface area (Å²) >= 11 is 0. The van der Waals surface area contributed by atoms with Crippen molar-refractivity contribution in [2.24, 2.45) is 11.3 Å². The molecule has 1 aromatic carbocycles. The van der Waals surface area contributed by atoms with Crippen LogP contribution >= 0.6 is 0 Å². The lowest BCUT2D eigenvalue weighted by Gasteiger charge is -2.60. The Morgan fingerprint density at radius 2 is 1.86 bits per heavy atom. The van der Waals surface area contributed by atoms with Gasteiger partial charge in [0.2, 0.25) is 0 Å². The average Bonchev–Trinajstić information content (AvgIpc) is 2.52. The monoisotopic (exact) mass is 301 g/mol. The minimum Gasteiger partial charge on any atom is -0.493 e. The summed E-state index contributed by atoms with van der Waals surface area (Å²) in [6.45, 7) is 4.81. The van der Waals surface area contributed by atoms with Crippen molar-refractivity contribution in [2.45, 2.75) is 44.4 Å². The molecule has 3 heteroatoms. The molecule has 120 valence electrons. The fourth-order valence-electron chi connectivity index (χ4n) is 5.75. The van der Waals surface area contributed by atoms with Crippen molar-refractivity contribution >= 4 is 0 Å². The van der Waals surface area contributed by atoms with Crippen molar-refractivity contribution in [3.05, 3.63) is 23.3 Å². The average molecular weight is 301 g/mol. The van der Waals surface area contributed by atoms with Crippen LogP contribution < -0.4 is 14.8 Å². The fourth-order valence-corrected chi connectivity index (χ4v) is 5.75. The molecule has 1 saturated carbocycles. The lowest BCUT2D eigenvalue weighted by molar-refractivity contribution is -0.0155. The van der Waals surface area contributed by atoms with Crippen LogP contribution in [0.3, 0.4) is 0 Å². The second kappa shape index (κ2) is 4.89. The summed E-state index contributed by atoms with van der Waals surface area (Å²) in [4.78, 5) is 0. The zero-order valence-corrected chi connectivity index (χ0v) is 14.0. The van der Waals surface area contributed by atoms with Gasteiger partial charge in [0.25, 0.3) is 0 Å². The normalized spacial score (nSPS) is 36.2. The van der Waals surface area contributed by atoms with Gasteiger partial charge < -0.3 is 14.8 Å². The minimum absolute atomic E-state index is 0.304. The van der Waals surface area contributed by atoms with Crippen LogP contribution in [0.15, 0.2) is 12.1 Å². The Kier molecular flexibility index (Phi) is 3.19. The number of nitrogens with one attached hydrogen (secondary N) is 1. The molecule has 1 saturated heterocycles. The van der Waals surface area contributed by atoms with Gasteiger partial charge in [-0.25, -0.2) is 0 Å².